The molecule has 0 aliphatic carbocycles. The van der Waals surface area contributed by atoms with Crippen molar-refractivity contribution in [3.8, 4) is 5.69 Å². The van der Waals surface area contributed by atoms with Crippen molar-refractivity contribution in [3.05, 3.63) is 54.4 Å². The Bertz CT molecular complexity index is 1240. The van der Waals surface area contributed by atoms with Gasteiger partial charge in [-0.1, -0.05) is 12.1 Å². The maximum absolute atomic E-state index is 13.2. The van der Waals surface area contributed by atoms with Gasteiger partial charge in [-0.05, 0) is 60.2 Å². The number of carbonyl (C=O) groups excluding carboxylic acids is 1. The number of nitrogens with zero attached hydrogens (tertiary/aromatic N) is 6. The molecule has 12 heteroatoms. The van der Waals surface area contributed by atoms with Gasteiger partial charge in [-0.2, -0.15) is 4.31 Å². The van der Waals surface area contributed by atoms with Crippen LogP contribution in [0.1, 0.15) is 19.4 Å². The minimum Gasteiger partial charge on any atom is -0.379 e. The first-order valence-electron chi connectivity index (χ1n) is 11.5. The number of ether oxygens (including phenoxy) is 1. The maximum Gasteiger partial charge on any atom is 0.243 e. The molecule has 0 spiro atoms. The molecule has 11 nitrogen and oxygen atoms in total. The number of hydrogen-bond donors (Lipinski definition) is 1. The number of amides is 1. The monoisotopic (exact) mass is 499 g/mol. The summed E-state index contributed by atoms with van der Waals surface area (Å²) >= 11 is 0. The van der Waals surface area contributed by atoms with Crippen molar-refractivity contribution in [1.29, 1.82) is 0 Å². The predicted molar refractivity (Wildman–Crippen MR) is 131 cm³/mol. The number of tetrazole rings is 1. The lowest BCUT2D eigenvalue weighted by Crippen LogP contribution is -2.40. The smallest absolute Gasteiger partial charge is 0.243 e. The Hall–Kier alpha value is -3.35. The highest BCUT2D eigenvalue weighted by Gasteiger charge is 2.27. The molecule has 35 heavy (non-hydrogen) atoms. The first-order chi connectivity index (χ1) is 16.9. The number of rotatable bonds is 9. The van der Waals surface area contributed by atoms with Crippen LogP contribution in [-0.2, 0) is 26.0 Å². The Labute approximate surface area is 204 Å². The summed E-state index contributed by atoms with van der Waals surface area (Å²) < 4.78 is 34.6. The Morgan fingerprint density at radius 1 is 1.09 bits per heavy atom. The average Bonchev–Trinajstić information content (AvgIpc) is 3.41. The molecule has 4 rings (SSSR count). The van der Waals surface area contributed by atoms with E-state index in [1.165, 1.54) is 15.3 Å². The molecule has 3 aromatic rings. The summed E-state index contributed by atoms with van der Waals surface area (Å²) in [7, 11) is -3.70. The summed E-state index contributed by atoms with van der Waals surface area (Å²) in [5, 5.41) is 14.0. The lowest BCUT2D eigenvalue weighted by Gasteiger charge is -2.28. The van der Waals surface area contributed by atoms with Gasteiger partial charge in [-0.3, -0.25) is 4.79 Å². The third-order valence-corrected chi connectivity index (χ3v) is 7.76. The summed E-state index contributed by atoms with van der Waals surface area (Å²) in [5.41, 5.74) is 2.83. The van der Waals surface area contributed by atoms with Crippen molar-refractivity contribution in [1.82, 2.24) is 24.5 Å². The van der Waals surface area contributed by atoms with Gasteiger partial charge >= 0.3 is 0 Å². The first-order valence-corrected chi connectivity index (χ1v) is 13.0. The molecule has 2 heterocycles. The van der Waals surface area contributed by atoms with Gasteiger partial charge in [0.05, 0.1) is 41.6 Å². The topological polar surface area (TPSA) is 123 Å². The minimum atomic E-state index is -3.70. The normalized spacial score (nSPS) is 14.6. The van der Waals surface area contributed by atoms with Crippen LogP contribution in [0.2, 0.25) is 0 Å². The molecule has 1 saturated heterocycles. The van der Waals surface area contributed by atoms with E-state index in [-0.39, 0.29) is 17.2 Å². The van der Waals surface area contributed by atoms with Gasteiger partial charge in [0.15, 0.2) is 0 Å². The van der Waals surface area contributed by atoms with Gasteiger partial charge in [-0.25, -0.2) is 13.1 Å². The van der Waals surface area contributed by atoms with E-state index in [1.54, 1.807) is 18.2 Å². The van der Waals surface area contributed by atoms with E-state index in [2.05, 4.69) is 25.7 Å². The van der Waals surface area contributed by atoms with Crippen LogP contribution in [0.5, 0.6) is 0 Å². The van der Waals surface area contributed by atoms with E-state index in [1.807, 2.05) is 38.1 Å². The largest absolute Gasteiger partial charge is 0.379 e. The third-order valence-electron chi connectivity index (χ3n) is 5.87. The molecule has 1 N–H and O–H groups in total. The number of benzene rings is 2. The zero-order valence-corrected chi connectivity index (χ0v) is 20.6. The first kappa shape index (κ1) is 24.8. The third kappa shape index (κ3) is 5.66. The maximum atomic E-state index is 13.2. The number of morpholine rings is 1. The van der Waals surface area contributed by atoms with Crippen LogP contribution in [0.25, 0.3) is 5.69 Å². The van der Waals surface area contributed by atoms with E-state index in [9.17, 15) is 13.2 Å². The molecule has 0 bridgehead atoms. The van der Waals surface area contributed by atoms with Crippen molar-refractivity contribution < 1.29 is 17.9 Å². The molecule has 0 unspecified atom stereocenters. The highest BCUT2D eigenvalue weighted by atomic mass is 32.2. The molecule has 1 aliphatic heterocycles. The molecule has 0 saturated carbocycles. The van der Waals surface area contributed by atoms with Crippen LogP contribution in [-0.4, -0.2) is 78.2 Å². The second-order valence-electron chi connectivity index (χ2n) is 8.01. The summed E-state index contributed by atoms with van der Waals surface area (Å²) in [6, 6.07) is 12.2. The number of aromatic nitrogens is 4. The van der Waals surface area contributed by atoms with Gasteiger partial charge in [-0.15, -0.1) is 5.10 Å². The Morgan fingerprint density at radius 3 is 2.43 bits per heavy atom. The van der Waals surface area contributed by atoms with Gasteiger partial charge in [0.1, 0.15) is 6.33 Å². The van der Waals surface area contributed by atoms with Crippen LogP contribution in [0, 0.1) is 0 Å². The SMILES string of the molecule is CCN(CC)c1ccc(S(=O)(=O)N2CCOCC2)cc1NC(=O)Cc1ccc(-n2cnnn2)cc1. The highest BCUT2D eigenvalue weighted by molar-refractivity contribution is 7.89. The fourth-order valence-electron chi connectivity index (χ4n) is 3.98. The van der Waals surface area contributed by atoms with Gasteiger partial charge < -0.3 is 15.0 Å². The van der Waals surface area contributed by atoms with Crippen molar-refractivity contribution in [3.63, 3.8) is 0 Å². The number of sulfonamides is 1. The molecule has 0 atom stereocenters. The summed E-state index contributed by atoms with van der Waals surface area (Å²) in [6.07, 6.45) is 1.63. The molecular formula is C23H29N7O4S. The summed E-state index contributed by atoms with van der Waals surface area (Å²) in [5.74, 6) is -0.241. The average molecular weight is 500 g/mol. The minimum absolute atomic E-state index is 0.133. The number of carbonyl (C=O) groups is 1. The Kier molecular flexibility index (Phi) is 7.73. The number of nitrogens with one attached hydrogen (secondary N) is 1. The summed E-state index contributed by atoms with van der Waals surface area (Å²) in [4.78, 5) is 15.2. The van der Waals surface area contributed by atoms with Gasteiger partial charge in [0, 0.05) is 26.2 Å². The zero-order valence-electron chi connectivity index (χ0n) is 19.8. The molecule has 2 aromatic carbocycles. The Morgan fingerprint density at radius 2 is 1.80 bits per heavy atom. The molecule has 1 fully saturated rings. The van der Waals surface area contributed by atoms with Crippen LogP contribution in [0.3, 0.4) is 0 Å². The fourth-order valence-corrected chi connectivity index (χ4v) is 5.41. The molecule has 0 radical (unpaired) electrons. The van der Waals surface area contributed by atoms with Gasteiger partial charge in [0.25, 0.3) is 0 Å². The molecule has 186 valence electrons. The van der Waals surface area contributed by atoms with Crippen LogP contribution >= 0.6 is 0 Å². The van der Waals surface area contributed by atoms with Crippen molar-refractivity contribution in [2.45, 2.75) is 25.2 Å². The van der Waals surface area contributed by atoms with E-state index >= 15 is 0 Å². The lowest BCUT2D eigenvalue weighted by atomic mass is 10.1. The number of anilines is 2. The molecular weight excluding hydrogens is 470 g/mol. The quantitative estimate of drug-likeness (QED) is 0.472. The Balaban J connectivity index is 1.56. The molecule has 1 amide bonds. The standard InChI is InChI=1S/C23H29N7O4S/c1-3-28(4-2)22-10-9-20(35(32,33)29-11-13-34-14-12-29)16-21(22)25-23(31)15-18-5-7-19(8-6-18)30-17-24-26-27-30/h5-10,16-17H,3-4,11-15H2,1-2H3,(H,25,31). The lowest BCUT2D eigenvalue weighted by molar-refractivity contribution is -0.115. The highest BCUT2D eigenvalue weighted by Crippen LogP contribution is 2.30. The van der Waals surface area contributed by atoms with Crippen LogP contribution in [0.4, 0.5) is 11.4 Å². The van der Waals surface area contributed by atoms with Gasteiger partial charge in [0.2, 0.25) is 15.9 Å². The van der Waals surface area contributed by atoms with Crippen molar-refractivity contribution in [2.24, 2.45) is 0 Å². The molecule has 1 aliphatic rings. The van der Waals surface area contributed by atoms with E-state index < -0.39 is 10.0 Å². The van der Waals surface area contributed by atoms with Crippen LogP contribution in [0.15, 0.2) is 53.7 Å². The summed E-state index contributed by atoms with van der Waals surface area (Å²) in [6.45, 7) is 6.81. The fraction of sp³-hybridized carbons (Fsp3) is 0.391. The van der Waals surface area contributed by atoms with E-state index in [4.69, 9.17) is 4.74 Å². The molecule has 1 aromatic heterocycles. The predicted octanol–water partition coefficient (Wildman–Crippen LogP) is 1.71. The van der Waals surface area contributed by atoms with E-state index in [0.29, 0.717) is 45.1 Å². The van der Waals surface area contributed by atoms with Crippen molar-refractivity contribution >= 4 is 27.3 Å². The van der Waals surface area contributed by atoms with Crippen molar-refractivity contribution in [2.75, 3.05) is 49.6 Å². The number of hydrogen-bond acceptors (Lipinski definition) is 8. The second-order valence-corrected chi connectivity index (χ2v) is 9.95. The zero-order chi connectivity index (χ0) is 24.8. The second kappa shape index (κ2) is 10.9. The van der Waals surface area contributed by atoms with Crippen LogP contribution < -0.4 is 10.2 Å². The van der Waals surface area contributed by atoms with E-state index in [0.717, 1.165) is 16.9 Å².